The average molecular weight is 422 g/mol. The molecule has 0 radical (unpaired) electrons. The van der Waals surface area contributed by atoms with E-state index in [1.165, 1.54) is 23.4 Å². The van der Waals surface area contributed by atoms with Gasteiger partial charge in [0.2, 0.25) is 10.0 Å². The van der Waals surface area contributed by atoms with Crippen LogP contribution in [-0.2, 0) is 10.0 Å². The fourth-order valence-electron chi connectivity index (χ4n) is 3.56. The van der Waals surface area contributed by atoms with Crippen LogP contribution in [0.25, 0.3) is 0 Å². The van der Waals surface area contributed by atoms with E-state index in [9.17, 15) is 18.5 Å². The molecular weight excluding hydrogens is 398 g/mol. The maximum Gasteiger partial charge on any atom is 0.291 e. The second-order valence-corrected chi connectivity index (χ2v) is 9.63. The van der Waals surface area contributed by atoms with Crippen LogP contribution in [0.5, 0.6) is 0 Å². The highest BCUT2D eigenvalue weighted by Gasteiger charge is 2.33. The number of nitrogens with zero attached hydrogens (tertiary/aromatic N) is 1. The summed E-state index contributed by atoms with van der Waals surface area (Å²) in [6.45, 7) is 0. The molecule has 0 bridgehead atoms. The minimum absolute atomic E-state index is 0.199. The second kappa shape index (κ2) is 8.50. The van der Waals surface area contributed by atoms with Gasteiger partial charge in [-0.1, -0.05) is 37.5 Å². The SMILES string of the molecule is NS(=O)(=O)c1ccc(NC2(CSc3ccccc3)CCCCC2)cc1[N+](=O)[O-]. The molecule has 0 spiro atoms. The molecule has 0 atom stereocenters. The van der Waals surface area contributed by atoms with Gasteiger partial charge in [-0.3, -0.25) is 10.1 Å². The lowest BCUT2D eigenvalue weighted by Crippen LogP contribution is -2.42. The van der Waals surface area contributed by atoms with Gasteiger partial charge in [0.25, 0.3) is 5.69 Å². The van der Waals surface area contributed by atoms with Crippen LogP contribution in [0.3, 0.4) is 0 Å². The molecule has 1 fully saturated rings. The van der Waals surface area contributed by atoms with Crippen LogP contribution in [0, 0.1) is 10.1 Å². The van der Waals surface area contributed by atoms with Crippen LogP contribution < -0.4 is 10.5 Å². The summed E-state index contributed by atoms with van der Waals surface area (Å²) < 4.78 is 23.3. The van der Waals surface area contributed by atoms with Crippen molar-refractivity contribution in [3.63, 3.8) is 0 Å². The van der Waals surface area contributed by atoms with E-state index in [1.807, 2.05) is 18.2 Å². The molecule has 1 saturated carbocycles. The number of nitrogens with one attached hydrogen (secondary N) is 1. The van der Waals surface area contributed by atoms with Gasteiger partial charge in [0.1, 0.15) is 0 Å². The van der Waals surface area contributed by atoms with Crippen molar-refractivity contribution in [3.05, 3.63) is 58.6 Å². The Morgan fingerprint density at radius 2 is 1.79 bits per heavy atom. The largest absolute Gasteiger partial charge is 0.379 e. The second-order valence-electron chi connectivity index (χ2n) is 7.05. The Labute approximate surface area is 168 Å². The van der Waals surface area contributed by atoms with Crippen molar-refractivity contribution >= 4 is 33.2 Å². The zero-order valence-electron chi connectivity index (χ0n) is 15.3. The number of nitro benzene ring substituents is 1. The molecule has 0 amide bonds. The van der Waals surface area contributed by atoms with Crippen molar-refractivity contribution < 1.29 is 13.3 Å². The van der Waals surface area contributed by atoms with E-state index < -0.39 is 25.5 Å². The quantitative estimate of drug-likeness (QED) is 0.394. The zero-order valence-corrected chi connectivity index (χ0v) is 17.0. The number of hydrogen-bond donors (Lipinski definition) is 2. The Hall–Kier alpha value is -2.10. The van der Waals surface area contributed by atoms with Gasteiger partial charge in [-0.05, 0) is 37.1 Å². The van der Waals surface area contributed by atoms with Crippen molar-refractivity contribution in [1.29, 1.82) is 0 Å². The highest BCUT2D eigenvalue weighted by molar-refractivity contribution is 7.99. The predicted molar refractivity (Wildman–Crippen MR) is 111 cm³/mol. The molecule has 9 heteroatoms. The number of nitrogens with two attached hydrogens (primary N) is 1. The summed E-state index contributed by atoms with van der Waals surface area (Å²) in [5.41, 5.74) is -0.167. The summed E-state index contributed by atoms with van der Waals surface area (Å²) >= 11 is 1.75. The monoisotopic (exact) mass is 421 g/mol. The Kier molecular flexibility index (Phi) is 6.26. The third-order valence-corrected chi connectivity index (χ3v) is 7.20. The molecule has 7 nitrogen and oxygen atoms in total. The van der Waals surface area contributed by atoms with Crippen LogP contribution in [0.2, 0.25) is 0 Å². The third-order valence-electron chi connectivity index (χ3n) is 4.94. The fraction of sp³-hybridized carbons (Fsp3) is 0.368. The van der Waals surface area contributed by atoms with E-state index in [4.69, 9.17) is 5.14 Å². The first kappa shape index (κ1) is 20.6. The number of primary sulfonamides is 1. The Morgan fingerprint density at radius 3 is 2.39 bits per heavy atom. The van der Waals surface area contributed by atoms with Crippen LogP contribution in [-0.4, -0.2) is 24.6 Å². The first-order valence-corrected chi connectivity index (χ1v) is 11.6. The number of anilines is 1. The van der Waals surface area contributed by atoms with Gasteiger partial charge in [-0.15, -0.1) is 11.8 Å². The number of nitro groups is 1. The Bertz CT molecular complexity index is 943. The molecule has 0 aliphatic heterocycles. The Balaban J connectivity index is 1.86. The van der Waals surface area contributed by atoms with Gasteiger partial charge in [-0.25, -0.2) is 13.6 Å². The van der Waals surface area contributed by atoms with E-state index in [0.29, 0.717) is 5.69 Å². The van der Waals surface area contributed by atoms with Gasteiger partial charge < -0.3 is 5.32 Å². The average Bonchev–Trinajstić information content (AvgIpc) is 2.67. The van der Waals surface area contributed by atoms with Crippen LogP contribution >= 0.6 is 11.8 Å². The lowest BCUT2D eigenvalue weighted by molar-refractivity contribution is -0.387. The van der Waals surface area contributed by atoms with Gasteiger partial charge in [0.05, 0.1) is 4.92 Å². The Morgan fingerprint density at radius 1 is 1.11 bits per heavy atom. The summed E-state index contributed by atoms with van der Waals surface area (Å²) in [7, 11) is -4.16. The lowest BCUT2D eigenvalue weighted by Gasteiger charge is -2.39. The standard InChI is InChI=1S/C19H23N3O4S2/c20-28(25,26)18-10-9-15(13-17(18)22(23)24)21-19(11-5-2-6-12-19)14-27-16-7-3-1-4-8-16/h1,3-4,7-10,13,21H,2,5-6,11-12,14H2,(H2,20,25,26). The molecule has 150 valence electrons. The molecule has 3 N–H and O–H groups in total. The third kappa shape index (κ3) is 5.03. The van der Waals surface area contributed by atoms with Gasteiger partial charge in [0, 0.05) is 27.9 Å². The summed E-state index contributed by atoms with van der Waals surface area (Å²) in [6, 6.07) is 14.1. The van der Waals surface area contributed by atoms with Crippen molar-refractivity contribution in [2.24, 2.45) is 5.14 Å². The van der Waals surface area contributed by atoms with Gasteiger partial charge in [-0.2, -0.15) is 0 Å². The van der Waals surface area contributed by atoms with Crippen molar-refractivity contribution in [3.8, 4) is 0 Å². The topological polar surface area (TPSA) is 115 Å². The normalized spacial score (nSPS) is 16.5. The fourth-order valence-corrected chi connectivity index (χ4v) is 5.39. The molecule has 0 saturated heterocycles. The highest BCUT2D eigenvalue weighted by atomic mass is 32.2. The van der Waals surface area contributed by atoms with Gasteiger partial charge >= 0.3 is 0 Å². The van der Waals surface area contributed by atoms with E-state index in [2.05, 4.69) is 17.4 Å². The first-order chi connectivity index (χ1) is 13.3. The summed E-state index contributed by atoms with van der Waals surface area (Å²) in [5.74, 6) is 0.821. The van der Waals surface area contributed by atoms with E-state index in [-0.39, 0.29) is 5.54 Å². The summed E-state index contributed by atoms with van der Waals surface area (Å²) in [5, 5.41) is 19.9. The van der Waals surface area contributed by atoms with Crippen molar-refractivity contribution in [2.75, 3.05) is 11.1 Å². The number of sulfonamides is 1. The minimum atomic E-state index is -4.16. The molecule has 0 unspecified atom stereocenters. The van der Waals surface area contributed by atoms with Crippen molar-refractivity contribution in [2.45, 2.75) is 47.4 Å². The summed E-state index contributed by atoms with van der Waals surface area (Å²) in [4.78, 5) is 11.3. The molecule has 2 aromatic carbocycles. The zero-order chi connectivity index (χ0) is 20.2. The molecule has 2 aromatic rings. The van der Waals surface area contributed by atoms with E-state index in [1.54, 1.807) is 17.8 Å². The molecule has 28 heavy (non-hydrogen) atoms. The van der Waals surface area contributed by atoms with Crippen LogP contribution in [0.4, 0.5) is 11.4 Å². The molecule has 1 aliphatic carbocycles. The van der Waals surface area contributed by atoms with Crippen LogP contribution in [0.15, 0.2) is 58.3 Å². The smallest absolute Gasteiger partial charge is 0.291 e. The number of rotatable bonds is 7. The molecule has 1 aliphatic rings. The number of thioether (sulfide) groups is 1. The lowest BCUT2D eigenvalue weighted by atomic mass is 9.83. The molecule has 0 aromatic heterocycles. The van der Waals surface area contributed by atoms with E-state index >= 15 is 0 Å². The molecule has 3 rings (SSSR count). The predicted octanol–water partition coefficient (Wildman–Crippen LogP) is 4.15. The minimum Gasteiger partial charge on any atom is -0.379 e. The first-order valence-electron chi connectivity index (χ1n) is 9.06. The van der Waals surface area contributed by atoms with E-state index in [0.717, 1.165) is 31.4 Å². The summed E-state index contributed by atoms with van der Waals surface area (Å²) in [6.07, 6.45) is 5.25. The number of hydrogen-bond acceptors (Lipinski definition) is 6. The maximum atomic E-state index is 11.6. The van der Waals surface area contributed by atoms with Gasteiger partial charge in [0.15, 0.2) is 4.90 Å². The maximum absolute atomic E-state index is 11.6. The highest BCUT2D eigenvalue weighted by Crippen LogP contribution is 2.37. The number of benzene rings is 2. The van der Waals surface area contributed by atoms with Crippen LogP contribution in [0.1, 0.15) is 32.1 Å². The molecule has 0 heterocycles. The van der Waals surface area contributed by atoms with Crippen molar-refractivity contribution in [1.82, 2.24) is 0 Å². The molecular formula is C19H23N3O4S2.